The summed E-state index contributed by atoms with van der Waals surface area (Å²) in [6, 6.07) is 5.06. The van der Waals surface area contributed by atoms with Gasteiger partial charge in [0.25, 0.3) is 0 Å². The molecule has 0 aromatic heterocycles. The second kappa shape index (κ2) is 8.50. The first-order valence-electron chi connectivity index (χ1n) is 6.49. The van der Waals surface area contributed by atoms with Crippen LogP contribution in [0.2, 0.25) is 0 Å². The van der Waals surface area contributed by atoms with Gasteiger partial charge in [0.2, 0.25) is 0 Å². The molecule has 120 valence electrons. The van der Waals surface area contributed by atoms with Gasteiger partial charge in [0.15, 0.2) is 11.5 Å². The van der Waals surface area contributed by atoms with E-state index in [1.807, 2.05) is 6.92 Å². The molecular formula is C14H18N2O6. The quantitative estimate of drug-likeness (QED) is 0.515. The summed E-state index contributed by atoms with van der Waals surface area (Å²) in [6.07, 6.45) is 1.37. The van der Waals surface area contributed by atoms with E-state index in [2.05, 4.69) is 5.10 Å². The van der Waals surface area contributed by atoms with Crippen molar-refractivity contribution in [3.63, 3.8) is 0 Å². The van der Waals surface area contributed by atoms with Gasteiger partial charge in [-0.3, -0.25) is 14.6 Å². The van der Waals surface area contributed by atoms with Crippen LogP contribution in [0.15, 0.2) is 23.3 Å². The molecule has 2 N–H and O–H groups in total. The Kier molecular flexibility index (Phi) is 6.68. The molecule has 0 saturated heterocycles. The minimum atomic E-state index is -1.16. The highest BCUT2D eigenvalue weighted by molar-refractivity contribution is 5.81. The van der Waals surface area contributed by atoms with E-state index >= 15 is 0 Å². The van der Waals surface area contributed by atoms with Crippen LogP contribution in [0, 0.1) is 0 Å². The Morgan fingerprint density at radius 3 is 2.36 bits per heavy atom. The number of carbonyl (C=O) groups is 2. The standard InChI is InChI=1S/C14H18N2O6/c1-3-22-11-5-4-10(6-12(11)21-2)7-15-16(8-13(17)18)9-14(19)20/h4-7H,3,8-9H2,1-2H3,(H,17,18)(H,19,20)/b15-7-. The molecule has 0 radical (unpaired) electrons. The van der Waals surface area contributed by atoms with Gasteiger partial charge in [0.1, 0.15) is 13.1 Å². The average molecular weight is 310 g/mol. The zero-order chi connectivity index (χ0) is 16.5. The molecule has 0 unspecified atom stereocenters. The third-order valence-corrected chi connectivity index (χ3v) is 2.49. The second-order valence-electron chi connectivity index (χ2n) is 4.20. The van der Waals surface area contributed by atoms with Crippen LogP contribution in [0.1, 0.15) is 12.5 Å². The number of carboxylic acid groups (broad SMARTS) is 2. The van der Waals surface area contributed by atoms with Gasteiger partial charge in [-0.15, -0.1) is 0 Å². The first-order valence-corrected chi connectivity index (χ1v) is 6.49. The fraction of sp³-hybridized carbons (Fsp3) is 0.357. The van der Waals surface area contributed by atoms with Crippen molar-refractivity contribution in [2.45, 2.75) is 6.92 Å². The van der Waals surface area contributed by atoms with Crippen molar-refractivity contribution in [2.75, 3.05) is 26.8 Å². The number of rotatable bonds is 9. The predicted molar refractivity (Wildman–Crippen MR) is 78.6 cm³/mol. The van der Waals surface area contributed by atoms with Crippen molar-refractivity contribution in [1.29, 1.82) is 0 Å². The van der Waals surface area contributed by atoms with Crippen LogP contribution in [0.5, 0.6) is 11.5 Å². The molecule has 8 heteroatoms. The third kappa shape index (κ3) is 5.70. The lowest BCUT2D eigenvalue weighted by Gasteiger charge is -2.14. The van der Waals surface area contributed by atoms with Crippen LogP contribution >= 0.6 is 0 Å². The van der Waals surface area contributed by atoms with E-state index in [-0.39, 0.29) is 0 Å². The Balaban J connectivity index is 2.89. The molecule has 8 nitrogen and oxygen atoms in total. The molecule has 22 heavy (non-hydrogen) atoms. The molecule has 0 heterocycles. The van der Waals surface area contributed by atoms with Gasteiger partial charge in [0.05, 0.1) is 19.9 Å². The second-order valence-corrected chi connectivity index (χ2v) is 4.20. The zero-order valence-electron chi connectivity index (χ0n) is 12.4. The van der Waals surface area contributed by atoms with Gasteiger partial charge < -0.3 is 19.7 Å². The number of hydrogen-bond donors (Lipinski definition) is 2. The molecule has 0 aliphatic carbocycles. The molecule has 1 aromatic rings. The SMILES string of the molecule is CCOc1ccc(/C=N\N(CC(=O)O)CC(=O)O)cc1OC. The van der Waals surface area contributed by atoms with Crippen molar-refractivity contribution < 1.29 is 29.3 Å². The van der Waals surface area contributed by atoms with E-state index in [1.165, 1.54) is 13.3 Å². The van der Waals surface area contributed by atoms with Crippen LogP contribution in [0.4, 0.5) is 0 Å². The minimum Gasteiger partial charge on any atom is -0.493 e. The van der Waals surface area contributed by atoms with E-state index in [0.29, 0.717) is 23.7 Å². The molecule has 0 amide bonds. The molecule has 0 aliphatic rings. The number of carboxylic acids is 2. The van der Waals surface area contributed by atoms with Crippen molar-refractivity contribution in [3.8, 4) is 11.5 Å². The summed E-state index contributed by atoms with van der Waals surface area (Å²) in [6.45, 7) is 1.34. The maximum Gasteiger partial charge on any atom is 0.324 e. The summed E-state index contributed by atoms with van der Waals surface area (Å²) in [5.41, 5.74) is 0.626. The fourth-order valence-electron chi connectivity index (χ4n) is 1.64. The van der Waals surface area contributed by atoms with Crippen molar-refractivity contribution >= 4 is 18.2 Å². The smallest absolute Gasteiger partial charge is 0.324 e. The first-order chi connectivity index (χ1) is 10.5. The maximum absolute atomic E-state index is 10.7. The lowest BCUT2D eigenvalue weighted by Crippen LogP contribution is -2.30. The number of hydrazone groups is 1. The molecule has 0 spiro atoms. The molecule has 0 fully saturated rings. The van der Waals surface area contributed by atoms with Gasteiger partial charge in [-0.2, -0.15) is 5.10 Å². The van der Waals surface area contributed by atoms with Crippen LogP contribution in [-0.4, -0.2) is 60.2 Å². The Morgan fingerprint density at radius 1 is 1.23 bits per heavy atom. The van der Waals surface area contributed by atoms with E-state index in [9.17, 15) is 9.59 Å². The van der Waals surface area contributed by atoms with Crippen molar-refractivity contribution in [1.82, 2.24) is 5.01 Å². The Morgan fingerprint density at radius 2 is 1.86 bits per heavy atom. The summed E-state index contributed by atoms with van der Waals surface area (Å²) in [4.78, 5) is 21.3. The number of hydrogen-bond acceptors (Lipinski definition) is 6. The molecular weight excluding hydrogens is 292 g/mol. The van der Waals surface area contributed by atoms with Gasteiger partial charge in [-0.1, -0.05) is 0 Å². The fourth-order valence-corrected chi connectivity index (χ4v) is 1.64. The summed E-state index contributed by atoms with van der Waals surface area (Å²) in [5.74, 6) is -1.24. The average Bonchev–Trinajstić information content (AvgIpc) is 2.45. The molecule has 1 rings (SSSR count). The highest BCUT2D eigenvalue weighted by Gasteiger charge is 2.10. The summed E-state index contributed by atoms with van der Waals surface area (Å²) >= 11 is 0. The number of benzene rings is 1. The van der Waals surface area contributed by atoms with Crippen molar-refractivity contribution in [2.24, 2.45) is 5.10 Å². The number of nitrogens with zero attached hydrogens (tertiary/aromatic N) is 2. The number of methoxy groups -OCH3 is 1. The van der Waals surface area contributed by atoms with E-state index in [1.54, 1.807) is 18.2 Å². The topological polar surface area (TPSA) is 109 Å². The molecule has 1 aromatic carbocycles. The van der Waals surface area contributed by atoms with Crippen LogP contribution in [-0.2, 0) is 9.59 Å². The summed E-state index contributed by atoms with van der Waals surface area (Å²) < 4.78 is 10.6. The normalized spacial score (nSPS) is 10.5. The van der Waals surface area contributed by atoms with Gasteiger partial charge in [0, 0.05) is 0 Å². The maximum atomic E-state index is 10.7. The Hall–Kier alpha value is -2.77. The molecule has 0 atom stereocenters. The third-order valence-electron chi connectivity index (χ3n) is 2.49. The van der Waals surface area contributed by atoms with E-state index in [0.717, 1.165) is 5.01 Å². The predicted octanol–water partition coefficient (Wildman–Crippen LogP) is 0.899. The largest absolute Gasteiger partial charge is 0.493 e. The number of aliphatic carboxylic acids is 2. The lowest BCUT2D eigenvalue weighted by molar-refractivity contribution is -0.141. The van der Waals surface area contributed by atoms with Crippen LogP contribution < -0.4 is 9.47 Å². The Bertz CT molecular complexity index is 542. The van der Waals surface area contributed by atoms with Gasteiger partial charge >= 0.3 is 11.9 Å². The monoisotopic (exact) mass is 310 g/mol. The molecule has 0 saturated carbocycles. The first kappa shape index (κ1) is 17.3. The van der Waals surface area contributed by atoms with Crippen LogP contribution in [0.3, 0.4) is 0 Å². The minimum absolute atomic E-state index is 0.495. The van der Waals surface area contributed by atoms with Gasteiger partial charge in [-0.25, -0.2) is 0 Å². The molecule has 0 aliphatic heterocycles. The highest BCUT2D eigenvalue weighted by Crippen LogP contribution is 2.27. The van der Waals surface area contributed by atoms with Crippen molar-refractivity contribution in [3.05, 3.63) is 23.8 Å². The summed E-state index contributed by atoms with van der Waals surface area (Å²) in [7, 11) is 1.50. The zero-order valence-corrected chi connectivity index (χ0v) is 12.4. The van der Waals surface area contributed by atoms with Gasteiger partial charge in [-0.05, 0) is 30.7 Å². The highest BCUT2D eigenvalue weighted by atomic mass is 16.5. The van der Waals surface area contributed by atoms with E-state index in [4.69, 9.17) is 19.7 Å². The molecule has 0 bridgehead atoms. The Labute approximate surface area is 127 Å². The number of ether oxygens (including phenoxy) is 2. The van der Waals surface area contributed by atoms with E-state index < -0.39 is 25.0 Å². The summed E-state index contributed by atoms with van der Waals surface area (Å²) in [5, 5.41) is 22.3. The van der Waals surface area contributed by atoms with Crippen LogP contribution in [0.25, 0.3) is 0 Å². The lowest BCUT2D eigenvalue weighted by atomic mass is 10.2.